The molecule has 21 heavy (non-hydrogen) atoms. The Morgan fingerprint density at radius 1 is 1.48 bits per heavy atom. The van der Waals surface area contributed by atoms with Gasteiger partial charge in [-0.15, -0.1) is 5.06 Å². The number of Topliss-reactive ketones (excluding diaryl/α,β-unsaturated/α-hetero) is 1. The van der Waals surface area contributed by atoms with Crippen LogP contribution in [0.3, 0.4) is 0 Å². The van der Waals surface area contributed by atoms with Gasteiger partial charge >= 0.3 is 0 Å². The van der Waals surface area contributed by atoms with E-state index in [1.54, 1.807) is 18.3 Å². The molecular formula is C14H13ClIN3O2. The van der Waals surface area contributed by atoms with E-state index in [4.69, 9.17) is 11.6 Å². The van der Waals surface area contributed by atoms with Crippen molar-refractivity contribution in [2.24, 2.45) is 0 Å². The van der Waals surface area contributed by atoms with Gasteiger partial charge in [0.25, 0.3) is 0 Å². The molecule has 2 unspecified atom stereocenters. The largest absolute Gasteiger partial charge is 0.347 e. The minimum absolute atomic E-state index is 0.0760. The fourth-order valence-electron chi connectivity index (χ4n) is 2.51. The standard InChI is InChI=1S/C14H13ClIN3O2/c15-11-5-4-9(8-17-11)7-12-18-6-2-1-3-10(18)13(20)14(16)19(12)21/h1-5,8,12,14,21H,6-7H2. The second-order valence-corrected chi connectivity index (χ2v) is 6.45. The van der Waals surface area contributed by atoms with Gasteiger partial charge in [0.05, 0.1) is 5.70 Å². The van der Waals surface area contributed by atoms with Gasteiger partial charge < -0.3 is 10.1 Å². The molecule has 2 aliphatic rings. The van der Waals surface area contributed by atoms with Crippen LogP contribution in [0.25, 0.3) is 0 Å². The molecule has 2 atom stereocenters. The number of carbonyl (C=O) groups is 1. The molecule has 1 aromatic rings. The van der Waals surface area contributed by atoms with Crippen molar-refractivity contribution >= 4 is 40.0 Å². The van der Waals surface area contributed by atoms with Crippen molar-refractivity contribution in [2.75, 3.05) is 6.54 Å². The first-order chi connectivity index (χ1) is 10.1. The lowest BCUT2D eigenvalue weighted by atomic mass is 10.0. The topological polar surface area (TPSA) is 56.7 Å². The maximum atomic E-state index is 12.2. The molecular weight excluding hydrogens is 405 g/mol. The average Bonchev–Trinajstić information content (AvgIpc) is 2.51. The van der Waals surface area contributed by atoms with E-state index < -0.39 is 4.05 Å². The van der Waals surface area contributed by atoms with Gasteiger partial charge in [-0.2, -0.15) is 0 Å². The van der Waals surface area contributed by atoms with Gasteiger partial charge in [0.1, 0.15) is 11.3 Å². The first kappa shape index (κ1) is 15.0. The van der Waals surface area contributed by atoms with E-state index in [1.165, 1.54) is 0 Å². The number of fused-ring (bicyclic) bond motifs is 1. The SMILES string of the molecule is O=C1C2=CC=CCN2C(Cc2ccc(Cl)nc2)N(O)C1I. The van der Waals surface area contributed by atoms with E-state index in [2.05, 4.69) is 4.98 Å². The molecule has 2 aliphatic heterocycles. The number of ketones is 1. The minimum atomic E-state index is -0.582. The molecule has 0 saturated carbocycles. The van der Waals surface area contributed by atoms with Crippen LogP contribution in [-0.4, -0.2) is 42.7 Å². The number of aromatic nitrogens is 1. The predicted octanol–water partition coefficient (Wildman–Crippen LogP) is 2.39. The third-order valence-electron chi connectivity index (χ3n) is 3.57. The molecule has 0 radical (unpaired) electrons. The lowest BCUT2D eigenvalue weighted by Crippen LogP contribution is -2.59. The average molecular weight is 418 g/mol. The molecule has 1 N–H and O–H groups in total. The molecule has 5 nitrogen and oxygen atoms in total. The number of hydroxylamine groups is 2. The van der Waals surface area contributed by atoms with Crippen LogP contribution in [0.5, 0.6) is 0 Å². The van der Waals surface area contributed by atoms with E-state index >= 15 is 0 Å². The fraction of sp³-hybridized carbons (Fsp3) is 0.286. The Kier molecular flexibility index (Phi) is 4.30. The number of allylic oxidation sites excluding steroid dienone is 2. The van der Waals surface area contributed by atoms with Gasteiger partial charge in [0, 0.05) is 19.2 Å². The molecule has 0 amide bonds. The quantitative estimate of drug-likeness (QED) is 0.347. The first-order valence-corrected chi connectivity index (χ1v) is 8.09. The van der Waals surface area contributed by atoms with Crippen LogP contribution in [0.4, 0.5) is 0 Å². The Labute approximate surface area is 141 Å². The van der Waals surface area contributed by atoms with Crippen LogP contribution >= 0.6 is 34.2 Å². The number of halogens is 2. The molecule has 0 aliphatic carbocycles. The van der Waals surface area contributed by atoms with Crippen molar-refractivity contribution in [3.8, 4) is 0 Å². The van der Waals surface area contributed by atoms with Crippen molar-refractivity contribution in [1.82, 2.24) is 14.9 Å². The van der Waals surface area contributed by atoms with Gasteiger partial charge in [-0.1, -0.05) is 52.4 Å². The number of hydrogen-bond donors (Lipinski definition) is 1. The fourth-order valence-corrected chi connectivity index (χ4v) is 3.31. The molecule has 0 spiro atoms. The van der Waals surface area contributed by atoms with E-state index in [-0.39, 0.29) is 11.9 Å². The van der Waals surface area contributed by atoms with Crippen molar-refractivity contribution in [3.05, 3.63) is 53.0 Å². The molecule has 0 bridgehead atoms. The number of rotatable bonds is 2. The monoisotopic (exact) mass is 417 g/mol. The smallest absolute Gasteiger partial charge is 0.208 e. The molecule has 3 rings (SSSR count). The highest BCUT2D eigenvalue weighted by atomic mass is 127. The number of pyridine rings is 1. The summed E-state index contributed by atoms with van der Waals surface area (Å²) in [5.74, 6) is -0.0760. The summed E-state index contributed by atoms with van der Waals surface area (Å²) in [6, 6.07) is 3.60. The van der Waals surface area contributed by atoms with Crippen molar-refractivity contribution in [2.45, 2.75) is 16.6 Å². The third-order valence-corrected chi connectivity index (χ3v) is 4.93. The summed E-state index contributed by atoms with van der Waals surface area (Å²) in [6.07, 6.45) is 7.59. The Balaban J connectivity index is 1.89. The predicted molar refractivity (Wildman–Crippen MR) is 87.1 cm³/mol. The third kappa shape index (κ3) is 2.85. The van der Waals surface area contributed by atoms with Crippen molar-refractivity contribution in [3.63, 3.8) is 0 Å². The van der Waals surface area contributed by atoms with Gasteiger partial charge in [0.15, 0.2) is 4.05 Å². The zero-order valence-corrected chi connectivity index (χ0v) is 13.9. The molecule has 110 valence electrons. The normalized spacial score (nSPS) is 25.8. The van der Waals surface area contributed by atoms with Gasteiger partial charge in [-0.25, -0.2) is 4.98 Å². The molecule has 1 fully saturated rings. The lowest BCUT2D eigenvalue weighted by Gasteiger charge is -2.45. The second-order valence-electron chi connectivity index (χ2n) is 4.89. The van der Waals surface area contributed by atoms with Gasteiger partial charge in [-0.3, -0.25) is 4.79 Å². The highest BCUT2D eigenvalue weighted by Crippen LogP contribution is 2.30. The van der Waals surface area contributed by atoms with Crippen LogP contribution < -0.4 is 0 Å². The number of hydrogen-bond acceptors (Lipinski definition) is 5. The summed E-state index contributed by atoms with van der Waals surface area (Å²) in [5, 5.41) is 11.9. The molecule has 1 aromatic heterocycles. The summed E-state index contributed by atoms with van der Waals surface area (Å²) in [6.45, 7) is 0.601. The molecule has 3 heterocycles. The van der Waals surface area contributed by atoms with E-state index in [9.17, 15) is 10.0 Å². The maximum Gasteiger partial charge on any atom is 0.208 e. The van der Waals surface area contributed by atoms with Gasteiger partial charge in [-0.05, 0) is 17.7 Å². The zero-order valence-electron chi connectivity index (χ0n) is 11.0. The maximum absolute atomic E-state index is 12.2. The number of nitrogens with zero attached hydrogens (tertiary/aromatic N) is 3. The van der Waals surface area contributed by atoms with Crippen molar-refractivity contribution < 1.29 is 10.0 Å². The Morgan fingerprint density at radius 2 is 2.29 bits per heavy atom. The van der Waals surface area contributed by atoms with E-state index in [1.807, 2.05) is 45.7 Å². The second kappa shape index (κ2) is 6.04. The summed E-state index contributed by atoms with van der Waals surface area (Å²) in [7, 11) is 0. The minimum Gasteiger partial charge on any atom is -0.347 e. The first-order valence-electron chi connectivity index (χ1n) is 6.47. The molecule has 0 aromatic carbocycles. The van der Waals surface area contributed by atoms with Crippen LogP contribution in [0.1, 0.15) is 5.56 Å². The summed E-state index contributed by atoms with van der Waals surface area (Å²) in [5.41, 5.74) is 1.60. The molecule has 7 heteroatoms. The van der Waals surface area contributed by atoms with Crippen LogP contribution in [0, 0.1) is 0 Å². The highest BCUT2D eigenvalue weighted by Gasteiger charge is 2.42. The van der Waals surface area contributed by atoms with Gasteiger partial charge in [0.2, 0.25) is 5.78 Å². The Bertz CT molecular complexity index is 617. The van der Waals surface area contributed by atoms with Crippen LogP contribution in [-0.2, 0) is 11.2 Å². The summed E-state index contributed by atoms with van der Waals surface area (Å²) in [4.78, 5) is 18.2. The Morgan fingerprint density at radius 3 is 3.00 bits per heavy atom. The highest BCUT2D eigenvalue weighted by molar-refractivity contribution is 14.1. The van der Waals surface area contributed by atoms with Crippen molar-refractivity contribution in [1.29, 1.82) is 0 Å². The van der Waals surface area contributed by atoms with E-state index in [0.717, 1.165) is 10.6 Å². The lowest BCUT2D eigenvalue weighted by molar-refractivity contribution is -0.187. The number of carbonyl (C=O) groups excluding carboxylic acids is 1. The van der Waals surface area contributed by atoms with Crippen LogP contribution in [0.2, 0.25) is 5.15 Å². The number of alkyl halides is 1. The van der Waals surface area contributed by atoms with Crippen LogP contribution in [0.15, 0.2) is 42.3 Å². The Hall–Kier alpha value is -0.960. The zero-order chi connectivity index (χ0) is 15.0. The molecule has 1 saturated heterocycles. The summed E-state index contributed by atoms with van der Waals surface area (Å²) >= 11 is 7.75. The summed E-state index contributed by atoms with van der Waals surface area (Å²) < 4.78 is -0.582. The van der Waals surface area contributed by atoms with E-state index in [0.29, 0.717) is 23.8 Å².